The van der Waals surface area contributed by atoms with Crippen molar-refractivity contribution in [2.24, 2.45) is 0 Å². The Hall–Kier alpha value is -1.60. The number of rotatable bonds is 5. The molecular formula is C20H23N. The van der Waals surface area contributed by atoms with E-state index in [0.717, 1.165) is 18.5 Å². The second kappa shape index (κ2) is 5.65. The molecule has 2 aromatic carbocycles. The van der Waals surface area contributed by atoms with Crippen LogP contribution in [0.15, 0.2) is 48.5 Å². The Morgan fingerprint density at radius 2 is 1.67 bits per heavy atom. The van der Waals surface area contributed by atoms with Crippen molar-refractivity contribution in [1.29, 1.82) is 0 Å². The van der Waals surface area contributed by atoms with Crippen LogP contribution in [0, 0.1) is 0 Å². The van der Waals surface area contributed by atoms with Gasteiger partial charge >= 0.3 is 0 Å². The highest BCUT2D eigenvalue weighted by Crippen LogP contribution is 2.37. The minimum atomic E-state index is 0.774. The Labute approximate surface area is 127 Å². The lowest BCUT2D eigenvalue weighted by molar-refractivity contribution is 0.420. The van der Waals surface area contributed by atoms with Crippen LogP contribution in [-0.2, 0) is 6.54 Å². The van der Waals surface area contributed by atoms with E-state index >= 15 is 0 Å². The summed E-state index contributed by atoms with van der Waals surface area (Å²) >= 11 is 0. The van der Waals surface area contributed by atoms with Gasteiger partial charge in [-0.2, -0.15) is 0 Å². The quantitative estimate of drug-likeness (QED) is 0.822. The van der Waals surface area contributed by atoms with Gasteiger partial charge in [0.15, 0.2) is 0 Å². The van der Waals surface area contributed by atoms with Gasteiger partial charge in [-0.25, -0.2) is 0 Å². The van der Waals surface area contributed by atoms with Gasteiger partial charge in [-0.1, -0.05) is 48.9 Å². The van der Waals surface area contributed by atoms with Crippen LogP contribution in [0.3, 0.4) is 0 Å². The maximum absolute atomic E-state index is 3.59. The summed E-state index contributed by atoms with van der Waals surface area (Å²) in [7, 11) is 0. The third kappa shape index (κ3) is 3.03. The smallest absolute Gasteiger partial charge is 0.0208 e. The highest BCUT2D eigenvalue weighted by molar-refractivity contribution is 5.64. The molecule has 0 spiro atoms. The molecule has 0 aromatic heterocycles. The molecule has 2 aromatic rings. The van der Waals surface area contributed by atoms with E-state index in [9.17, 15) is 0 Å². The number of hydrogen-bond acceptors (Lipinski definition) is 1. The first-order valence-electron chi connectivity index (χ1n) is 8.31. The monoisotopic (exact) mass is 277 g/mol. The fourth-order valence-electron chi connectivity index (χ4n) is 3.10. The van der Waals surface area contributed by atoms with E-state index in [1.807, 2.05) is 0 Å². The standard InChI is InChI=1S/C20H23N/c1-3-15(14-21-20-11-12-20)13-19(6-1)18-9-7-17(8-10-18)16-4-2-5-16/h1,3,6-10,13,16,20-21H,2,4-5,11-12,14H2. The summed E-state index contributed by atoms with van der Waals surface area (Å²) in [5, 5.41) is 3.59. The van der Waals surface area contributed by atoms with E-state index < -0.39 is 0 Å². The summed E-state index contributed by atoms with van der Waals surface area (Å²) < 4.78 is 0. The summed E-state index contributed by atoms with van der Waals surface area (Å²) in [5.74, 6) is 0.827. The summed E-state index contributed by atoms with van der Waals surface area (Å²) in [6, 6.07) is 19.0. The van der Waals surface area contributed by atoms with Gasteiger partial charge in [0.1, 0.15) is 0 Å². The van der Waals surface area contributed by atoms with Crippen molar-refractivity contribution in [3.63, 3.8) is 0 Å². The molecule has 0 saturated heterocycles. The molecule has 1 nitrogen and oxygen atoms in total. The van der Waals surface area contributed by atoms with E-state index in [2.05, 4.69) is 53.8 Å². The third-order valence-electron chi connectivity index (χ3n) is 4.92. The summed E-state index contributed by atoms with van der Waals surface area (Å²) in [6.07, 6.45) is 6.86. The molecule has 2 aliphatic rings. The molecule has 0 unspecified atom stereocenters. The first kappa shape index (κ1) is 13.1. The first-order valence-corrected chi connectivity index (χ1v) is 8.31. The van der Waals surface area contributed by atoms with Gasteiger partial charge in [-0.3, -0.25) is 0 Å². The SMILES string of the molecule is c1cc(CNC2CC2)cc(-c2ccc(C3CCC3)cc2)c1. The molecule has 0 bridgehead atoms. The molecule has 0 heterocycles. The zero-order valence-electron chi connectivity index (χ0n) is 12.5. The van der Waals surface area contributed by atoms with Gasteiger partial charge in [0, 0.05) is 12.6 Å². The molecule has 4 rings (SSSR count). The van der Waals surface area contributed by atoms with Gasteiger partial charge in [0.25, 0.3) is 0 Å². The van der Waals surface area contributed by atoms with Gasteiger partial charge < -0.3 is 5.32 Å². The lowest BCUT2D eigenvalue weighted by Crippen LogP contribution is -2.15. The zero-order chi connectivity index (χ0) is 14.1. The van der Waals surface area contributed by atoms with Crippen molar-refractivity contribution >= 4 is 0 Å². The van der Waals surface area contributed by atoms with E-state index in [-0.39, 0.29) is 0 Å². The molecule has 0 amide bonds. The molecule has 21 heavy (non-hydrogen) atoms. The average molecular weight is 277 g/mol. The Balaban J connectivity index is 1.49. The van der Waals surface area contributed by atoms with Gasteiger partial charge in [0.05, 0.1) is 0 Å². The number of benzene rings is 2. The van der Waals surface area contributed by atoms with Gasteiger partial charge in [-0.15, -0.1) is 0 Å². The normalized spacial score (nSPS) is 18.5. The third-order valence-corrected chi connectivity index (χ3v) is 4.92. The van der Waals surface area contributed by atoms with E-state index in [0.29, 0.717) is 0 Å². The maximum Gasteiger partial charge on any atom is 0.0208 e. The minimum absolute atomic E-state index is 0.774. The van der Waals surface area contributed by atoms with Crippen LogP contribution in [-0.4, -0.2) is 6.04 Å². The van der Waals surface area contributed by atoms with Crippen molar-refractivity contribution in [2.75, 3.05) is 0 Å². The lowest BCUT2D eigenvalue weighted by atomic mass is 9.80. The largest absolute Gasteiger partial charge is 0.310 e. The Kier molecular flexibility index (Phi) is 3.52. The van der Waals surface area contributed by atoms with Crippen LogP contribution in [0.25, 0.3) is 11.1 Å². The van der Waals surface area contributed by atoms with Crippen LogP contribution in [0.5, 0.6) is 0 Å². The van der Waals surface area contributed by atoms with Crippen molar-refractivity contribution < 1.29 is 0 Å². The van der Waals surface area contributed by atoms with Crippen molar-refractivity contribution in [1.82, 2.24) is 5.32 Å². The average Bonchev–Trinajstić information content (AvgIpc) is 3.29. The maximum atomic E-state index is 3.59. The first-order chi connectivity index (χ1) is 10.4. The second-order valence-corrected chi connectivity index (χ2v) is 6.61. The Morgan fingerprint density at radius 3 is 2.33 bits per heavy atom. The zero-order valence-corrected chi connectivity index (χ0v) is 12.5. The molecule has 0 radical (unpaired) electrons. The van der Waals surface area contributed by atoms with Gasteiger partial charge in [0.2, 0.25) is 0 Å². The van der Waals surface area contributed by atoms with Crippen LogP contribution >= 0.6 is 0 Å². The highest BCUT2D eigenvalue weighted by Gasteiger charge is 2.20. The molecular weight excluding hydrogens is 254 g/mol. The molecule has 2 aliphatic carbocycles. The molecule has 0 aliphatic heterocycles. The summed E-state index contributed by atoms with van der Waals surface area (Å²) in [5.41, 5.74) is 5.59. The number of nitrogens with one attached hydrogen (secondary N) is 1. The predicted molar refractivity (Wildman–Crippen MR) is 88.3 cm³/mol. The van der Waals surface area contributed by atoms with Crippen molar-refractivity contribution in [3.8, 4) is 11.1 Å². The predicted octanol–water partition coefficient (Wildman–Crippen LogP) is 4.87. The van der Waals surface area contributed by atoms with E-state index in [4.69, 9.17) is 0 Å². The minimum Gasteiger partial charge on any atom is -0.310 e. The molecule has 2 saturated carbocycles. The van der Waals surface area contributed by atoms with Crippen molar-refractivity contribution in [2.45, 2.75) is 50.6 Å². The number of hydrogen-bond donors (Lipinski definition) is 1. The van der Waals surface area contributed by atoms with Crippen LogP contribution in [0.4, 0.5) is 0 Å². The summed E-state index contributed by atoms with van der Waals surface area (Å²) in [4.78, 5) is 0. The molecule has 0 atom stereocenters. The van der Waals surface area contributed by atoms with Crippen molar-refractivity contribution in [3.05, 3.63) is 59.7 Å². The van der Waals surface area contributed by atoms with Crippen LogP contribution in [0.1, 0.15) is 49.1 Å². The van der Waals surface area contributed by atoms with E-state index in [1.54, 1.807) is 0 Å². The van der Waals surface area contributed by atoms with Crippen LogP contribution < -0.4 is 5.32 Å². The summed E-state index contributed by atoms with van der Waals surface area (Å²) in [6.45, 7) is 0.999. The van der Waals surface area contributed by atoms with Crippen LogP contribution in [0.2, 0.25) is 0 Å². The molecule has 1 N–H and O–H groups in total. The Bertz CT molecular complexity index is 606. The highest BCUT2D eigenvalue weighted by atomic mass is 14.9. The fourth-order valence-corrected chi connectivity index (χ4v) is 3.10. The topological polar surface area (TPSA) is 12.0 Å². The molecule has 1 heteroatoms. The molecule has 2 fully saturated rings. The van der Waals surface area contributed by atoms with Gasteiger partial charge in [-0.05, 0) is 59.9 Å². The van der Waals surface area contributed by atoms with E-state index in [1.165, 1.54) is 54.4 Å². The molecule has 108 valence electrons. The Morgan fingerprint density at radius 1 is 0.857 bits per heavy atom. The lowest BCUT2D eigenvalue weighted by Gasteiger charge is -2.25. The second-order valence-electron chi connectivity index (χ2n) is 6.61. The fraction of sp³-hybridized carbons (Fsp3) is 0.400.